The highest BCUT2D eigenvalue weighted by Gasteiger charge is 2.17. The number of aliphatic hydroxyl groups is 1. The molecule has 0 aromatic carbocycles. The average molecular weight is 239 g/mol. The molecule has 0 saturated carbocycles. The number of nitrogens with one attached hydrogen (secondary N) is 1. The molecule has 0 aliphatic carbocycles. The standard InChI is InChI=1S/C11H17N3O3/c1-8-5-12-10(4-9(8)14(16)17)13-6-11(2,3)7-15/h4-5,15H,6-7H2,1-3H3,(H,12,13). The maximum Gasteiger partial charge on any atom is 0.277 e. The highest BCUT2D eigenvalue weighted by molar-refractivity contribution is 5.48. The second kappa shape index (κ2) is 5.09. The molecule has 0 aliphatic rings. The SMILES string of the molecule is Cc1cnc(NCC(C)(C)CO)cc1[N+](=O)[O-]. The Morgan fingerprint density at radius 3 is 2.76 bits per heavy atom. The molecule has 1 aromatic heterocycles. The Hall–Kier alpha value is -1.69. The molecular weight excluding hydrogens is 222 g/mol. The molecule has 94 valence electrons. The molecule has 0 unspecified atom stereocenters. The van der Waals surface area contributed by atoms with E-state index < -0.39 is 4.92 Å². The van der Waals surface area contributed by atoms with Gasteiger partial charge < -0.3 is 10.4 Å². The smallest absolute Gasteiger partial charge is 0.277 e. The third-order valence-corrected chi connectivity index (χ3v) is 2.45. The number of nitrogens with zero attached hydrogens (tertiary/aromatic N) is 2. The van der Waals surface area contributed by atoms with Gasteiger partial charge in [0.05, 0.1) is 11.0 Å². The summed E-state index contributed by atoms with van der Waals surface area (Å²) in [5.41, 5.74) is 0.285. The molecule has 6 heteroatoms. The van der Waals surface area contributed by atoms with Gasteiger partial charge in [-0.25, -0.2) is 4.98 Å². The minimum Gasteiger partial charge on any atom is -0.396 e. The molecule has 0 amide bonds. The van der Waals surface area contributed by atoms with E-state index >= 15 is 0 Å². The molecule has 2 N–H and O–H groups in total. The van der Waals surface area contributed by atoms with Gasteiger partial charge in [-0.3, -0.25) is 10.1 Å². The van der Waals surface area contributed by atoms with Gasteiger partial charge in [0, 0.05) is 30.3 Å². The molecule has 6 nitrogen and oxygen atoms in total. The van der Waals surface area contributed by atoms with Crippen molar-refractivity contribution < 1.29 is 10.0 Å². The number of nitro groups is 1. The van der Waals surface area contributed by atoms with Crippen LogP contribution in [0.25, 0.3) is 0 Å². The number of hydrogen-bond donors (Lipinski definition) is 2. The molecule has 1 aromatic rings. The first-order chi connectivity index (χ1) is 7.85. The van der Waals surface area contributed by atoms with Crippen LogP contribution in [0.2, 0.25) is 0 Å². The molecule has 0 radical (unpaired) electrons. The van der Waals surface area contributed by atoms with E-state index in [0.717, 1.165) is 0 Å². The quantitative estimate of drug-likeness (QED) is 0.603. The Balaban J connectivity index is 2.80. The van der Waals surface area contributed by atoms with E-state index in [4.69, 9.17) is 5.11 Å². The monoisotopic (exact) mass is 239 g/mol. The highest BCUT2D eigenvalue weighted by atomic mass is 16.6. The fraction of sp³-hybridized carbons (Fsp3) is 0.545. The first-order valence-electron chi connectivity index (χ1n) is 5.31. The summed E-state index contributed by atoms with van der Waals surface area (Å²) in [4.78, 5) is 14.4. The minimum absolute atomic E-state index is 0.0357. The van der Waals surface area contributed by atoms with Crippen molar-refractivity contribution in [2.45, 2.75) is 20.8 Å². The maximum atomic E-state index is 10.7. The van der Waals surface area contributed by atoms with E-state index in [1.165, 1.54) is 12.3 Å². The Bertz CT molecular complexity index is 418. The van der Waals surface area contributed by atoms with Gasteiger partial charge in [-0.2, -0.15) is 0 Å². The van der Waals surface area contributed by atoms with E-state index in [0.29, 0.717) is 17.9 Å². The summed E-state index contributed by atoms with van der Waals surface area (Å²) < 4.78 is 0. The lowest BCUT2D eigenvalue weighted by Gasteiger charge is -2.22. The van der Waals surface area contributed by atoms with Crippen molar-refractivity contribution >= 4 is 11.5 Å². The average Bonchev–Trinajstić information content (AvgIpc) is 2.27. The van der Waals surface area contributed by atoms with Crippen LogP contribution < -0.4 is 5.32 Å². The van der Waals surface area contributed by atoms with Crippen LogP contribution in [-0.2, 0) is 0 Å². The van der Waals surface area contributed by atoms with Crippen LogP contribution in [0.3, 0.4) is 0 Å². The number of aromatic nitrogens is 1. The summed E-state index contributed by atoms with van der Waals surface area (Å²) in [6.45, 7) is 5.96. The van der Waals surface area contributed by atoms with Crippen molar-refractivity contribution in [2.24, 2.45) is 5.41 Å². The fourth-order valence-electron chi connectivity index (χ4n) is 1.19. The summed E-state index contributed by atoms with van der Waals surface area (Å²) in [6, 6.07) is 1.41. The normalized spacial score (nSPS) is 11.3. The largest absolute Gasteiger partial charge is 0.396 e. The summed E-state index contributed by atoms with van der Waals surface area (Å²) in [7, 11) is 0. The molecular formula is C11H17N3O3. The number of pyridine rings is 1. The zero-order chi connectivity index (χ0) is 13.1. The number of aryl methyl sites for hydroxylation is 1. The number of aliphatic hydroxyl groups excluding tert-OH is 1. The second-order valence-electron chi connectivity index (χ2n) is 4.79. The third kappa shape index (κ3) is 3.67. The van der Waals surface area contributed by atoms with Crippen LogP contribution in [-0.4, -0.2) is 28.2 Å². The zero-order valence-electron chi connectivity index (χ0n) is 10.2. The van der Waals surface area contributed by atoms with Crippen LogP contribution in [0.1, 0.15) is 19.4 Å². The van der Waals surface area contributed by atoms with Crippen LogP contribution in [0.15, 0.2) is 12.3 Å². The van der Waals surface area contributed by atoms with Gasteiger partial charge in [-0.1, -0.05) is 13.8 Å². The Labute approximate surface area is 99.8 Å². The number of anilines is 1. The third-order valence-electron chi connectivity index (χ3n) is 2.45. The fourth-order valence-corrected chi connectivity index (χ4v) is 1.19. The lowest BCUT2D eigenvalue weighted by Crippen LogP contribution is -2.27. The molecule has 0 aliphatic heterocycles. The van der Waals surface area contributed by atoms with Gasteiger partial charge in [0.15, 0.2) is 0 Å². The zero-order valence-corrected chi connectivity index (χ0v) is 10.2. The van der Waals surface area contributed by atoms with Crippen molar-refractivity contribution in [3.05, 3.63) is 27.9 Å². The summed E-state index contributed by atoms with van der Waals surface area (Å²) in [5, 5.41) is 22.8. The lowest BCUT2D eigenvalue weighted by molar-refractivity contribution is -0.385. The summed E-state index contributed by atoms with van der Waals surface area (Å²) >= 11 is 0. The van der Waals surface area contributed by atoms with Crippen molar-refractivity contribution in [1.82, 2.24) is 4.98 Å². The predicted molar refractivity (Wildman–Crippen MR) is 65.0 cm³/mol. The number of rotatable bonds is 5. The Kier molecular flexibility index (Phi) is 4.01. The van der Waals surface area contributed by atoms with Gasteiger partial charge in [-0.15, -0.1) is 0 Å². The molecule has 0 saturated heterocycles. The van der Waals surface area contributed by atoms with Gasteiger partial charge >= 0.3 is 0 Å². The summed E-state index contributed by atoms with van der Waals surface area (Å²) in [6.07, 6.45) is 1.46. The van der Waals surface area contributed by atoms with Crippen LogP contribution in [0.5, 0.6) is 0 Å². The topological polar surface area (TPSA) is 88.3 Å². The van der Waals surface area contributed by atoms with Crippen molar-refractivity contribution in [2.75, 3.05) is 18.5 Å². The first-order valence-corrected chi connectivity index (χ1v) is 5.31. The van der Waals surface area contributed by atoms with E-state index in [1.54, 1.807) is 6.92 Å². The highest BCUT2D eigenvalue weighted by Crippen LogP contribution is 2.21. The molecule has 0 spiro atoms. The van der Waals surface area contributed by atoms with E-state index in [-0.39, 0.29) is 17.7 Å². The van der Waals surface area contributed by atoms with Gasteiger partial charge in [0.25, 0.3) is 5.69 Å². The van der Waals surface area contributed by atoms with Crippen LogP contribution in [0, 0.1) is 22.5 Å². The molecule has 0 bridgehead atoms. The predicted octanol–water partition coefficient (Wildman–Crippen LogP) is 1.73. The van der Waals surface area contributed by atoms with Crippen LogP contribution >= 0.6 is 0 Å². The van der Waals surface area contributed by atoms with Crippen molar-refractivity contribution in [1.29, 1.82) is 0 Å². The second-order valence-corrected chi connectivity index (χ2v) is 4.79. The molecule has 0 atom stereocenters. The van der Waals surface area contributed by atoms with Crippen molar-refractivity contribution in [3.63, 3.8) is 0 Å². The van der Waals surface area contributed by atoms with Crippen molar-refractivity contribution in [3.8, 4) is 0 Å². The van der Waals surface area contributed by atoms with Crippen LogP contribution in [0.4, 0.5) is 11.5 Å². The van der Waals surface area contributed by atoms with E-state index in [2.05, 4.69) is 10.3 Å². The first kappa shape index (κ1) is 13.4. The Morgan fingerprint density at radius 2 is 2.24 bits per heavy atom. The minimum atomic E-state index is -0.431. The molecule has 0 fully saturated rings. The maximum absolute atomic E-state index is 10.7. The molecule has 17 heavy (non-hydrogen) atoms. The van der Waals surface area contributed by atoms with E-state index in [1.807, 2.05) is 13.8 Å². The number of hydrogen-bond acceptors (Lipinski definition) is 5. The molecule has 1 heterocycles. The summed E-state index contributed by atoms with van der Waals surface area (Å²) in [5.74, 6) is 0.448. The van der Waals surface area contributed by atoms with Gasteiger partial charge in [0.1, 0.15) is 5.82 Å². The van der Waals surface area contributed by atoms with Gasteiger partial charge in [-0.05, 0) is 6.92 Å². The van der Waals surface area contributed by atoms with Gasteiger partial charge in [0.2, 0.25) is 0 Å². The Morgan fingerprint density at radius 1 is 1.59 bits per heavy atom. The molecule has 1 rings (SSSR count). The lowest BCUT2D eigenvalue weighted by atomic mass is 9.95. The van der Waals surface area contributed by atoms with E-state index in [9.17, 15) is 10.1 Å².